The van der Waals surface area contributed by atoms with E-state index < -0.39 is 15.8 Å². The highest BCUT2D eigenvalue weighted by molar-refractivity contribution is 7.90. The first-order valence-electron chi connectivity index (χ1n) is 7.06. The summed E-state index contributed by atoms with van der Waals surface area (Å²) in [4.78, 5) is -0.0662. The van der Waals surface area contributed by atoms with Gasteiger partial charge in [0.1, 0.15) is 10.7 Å². The van der Waals surface area contributed by atoms with E-state index in [0.717, 1.165) is 17.2 Å². The summed E-state index contributed by atoms with van der Waals surface area (Å²) in [5, 5.41) is 2.70. The summed E-state index contributed by atoms with van der Waals surface area (Å²) < 4.78 is 42.2. The molecule has 0 spiro atoms. The van der Waals surface area contributed by atoms with Crippen LogP contribution in [-0.4, -0.2) is 14.4 Å². The Kier molecular flexibility index (Phi) is 3.60. The molecule has 0 aromatic heterocycles. The van der Waals surface area contributed by atoms with Crippen LogP contribution < -0.4 is 11.1 Å². The molecule has 1 aliphatic heterocycles. The number of hydrogen-bond acceptors (Lipinski definition) is 4. The van der Waals surface area contributed by atoms with Gasteiger partial charge in [0.15, 0.2) is 0 Å². The highest BCUT2D eigenvalue weighted by Crippen LogP contribution is 2.39. The maximum atomic E-state index is 14.5. The van der Waals surface area contributed by atoms with Crippen LogP contribution in [0.5, 0.6) is 0 Å². The monoisotopic (exact) mass is 337 g/mol. The van der Waals surface area contributed by atoms with Crippen LogP contribution in [0.3, 0.4) is 0 Å². The third-order valence-corrected chi connectivity index (χ3v) is 5.32. The van der Waals surface area contributed by atoms with Crippen LogP contribution in [0.1, 0.15) is 32.4 Å². The largest absolute Gasteiger partial charge is 0.369 e. The molecule has 0 amide bonds. The first-order chi connectivity index (χ1) is 10.8. The summed E-state index contributed by atoms with van der Waals surface area (Å²) in [5.74, 6) is -1.10. The lowest BCUT2D eigenvalue weighted by atomic mass is 9.88. The van der Waals surface area contributed by atoms with Crippen molar-refractivity contribution in [2.45, 2.75) is 24.7 Å². The zero-order valence-corrected chi connectivity index (χ0v) is 13.5. The van der Waals surface area contributed by atoms with Gasteiger partial charge in [0.2, 0.25) is 5.96 Å². The number of nitrogens with zero attached hydrogens (tertiary/aromatic N) is 1. The van der Waals surface area contributed by atoms with E-state index in [0.29, 0.717) is 0 Å². The van der Waals surface area contributed by atoms with Gasteiger partial charge in [-0.1, -0.05) is 31.2 Å². The van der Waals surface area contributed by atoms with E-state index in [4.69, 9.17) is 5.73 Å². The minimum Gasteiger partial charge on any atom is -0.369 e. The summed E-state index contributed by atoms with van der Waals surface area (Å²) >= 11 is 0. The highest BCUT2D eigenvalue weighted by Gasteiger charge is 2.30. The normalized spacial score (nSPS) is 16.9. The molecule has 0 saturated carbocycles. The number of halogens is 1. The molecule has 5 nitrogen and oxygen atoms in total. The van der Waals surface area contributed by atoms with E-state index in [1.54, 1.807) is 0 Å². The second-order valence-electron chi connectivity index (χ2n) is 5.49. The van der Waals surface area contributed by atoms with E-state index in [-0.39, 0.29) is 30.9 Å². The second kappa shape index (κ2) is 5.34. The van der Waals surface area contributed by atoms with Crippen LogP contribution in [0, 0.1) is 12.7 Å². The molecule has 0 radical (unpaired) electrons. The molecule has 0 bridgehead atoms. The predicted octanol–water partition coefficient (Wildman–Crippen LogP) is 3.21. The smallest absolute Gasteiger partial charge is 0.287 e. The summed E-state index contributed by atoms with van der Waals surface area (Å²) in [5.41, 5.74) is 7.89. The first-order valence-corrected chi connectivity index (χ1v) is 8.50. The Morgan fingerprint density at radius 2 is 1.96 bits per heavy atom. The molecule has 0 fully saturated rings. The van der Waals surface area contributed by atoms with E-state index in [2.05, 4.69) is 9.71 Å². The number of nitrogens with two attached hydrogens (primary N) is 1. The number of guanidine groups is 1. The summed E-state index contributed by atoms with van der Waals surface area (Å²) in [6.07, 6.45) is 0. The molecule has 2 aromatic carbocycles. The van der Waals surface area contributed by atoms with Gasteiger partial charge in [0.05, 0.1) is 5.69 Å². The standard InChI is InChI=1S/C16H16FN3O2S.2H2/c1-9-5-3-4-6-11(9)10(2)14-12(17)7-8-13-15(14)19-16(18)20-23(13,21)22;;/h3-8,10H,1-2H3,(H3,18,19,20);2*1H/t10-;;/m1../s1. The lowest BCUT2D eigenvalue weighted by molar-refractivity contribution is 0.591. The lowest BCUT2D eigenvalue weighted by Gasteiger charge is -2.24. The maximum absolute atomic E-state index is 14.5. The first kappa shape index (κ1) is 15.5. The number of fused-ring (bicyclic) bond motifs is 1. The van der Waals surface area contributed by atoms with Gasteiger partial charge in [-0.2, -0.15) is 8.42 Å². The average molecular weight is 337 g/mol. The minimum absolute atomic E-state index is 0. The molecule has 3 rings (SSSR count). The number of benzene rings is 2. The zero-order valence-electron chi connectivity index (χ0n) is 12.7. The Morgan fingerprint density at radius 1 is 1.26 bits per heavy atom. The molecule has 0 aliphatic carbocycles. The molecule has 7 heteroatoms. The van der Waals surface area contributed by atoms with Gasteiger partial charge in [-0.05, 0) is 30.2 Å². The Bertz CT molecular complexity index is 933. The molecular formula is C16H20FN3O2S. The Morgan fingerprint density at radius 3 is 2.65 bits per heavy atom. The Balaban J connectivity index is 0.00000156. The van der Waals surface area contributed by atoms with Crippen LogP contribution in [0.4, 0.5) is 10.1 Å². The van der Waals surface area contributed by atoms with Crippen molar-refractivity contribution in [2.75, 3.05) is 5.32 Å². The van der Waals surface area contributed by atoms with Crippen molar-refractivity contribution < 1.29 is 15.7 Å². The van der Waals surface area contributed by atoms with Gasteiger partial charge >= 0.3 is 0 Å². The molecule has 0 unspecified atom stereocenters. The number of anilines is 1. The molecule has 1 heterocycles. The van der Waals surface area contributed by atoms with Crippen molar-refractivity contribution in [1.29, 1.82) is 0 Å². The summed E-state index contributed by atoms with van der Waals surface area (Å²) in [6, 6.07) is 9.95. The van der Waals surface area contributed by atoms with Crippen LogP contribution in [0.2, 0.25) is 0 Å². The molecule has 1 atom stereocenters. The molecule has 124 valence electrons. The van der Waals surface area contributed by atoms with Crippen molar-refractivity contribution in [1.82, 2.24) is 0 Å². The van der Waals surface area contributed by atoms with Gasteiger partial charge in [-0.3, -0.25) is 0 Å². The predicted molar refractivity (Wildman–Crippen MR) is 91.8 cm³/mol. The van der Waals surface area contributed by atoms with E-state index in [1.165, 1.54) is 6.07 Å². The van der Waals surface area contributed by atoms with Gasteiger partial charge < -0.3 is 11.1 Å². The van der Waals surface area contributed by atoms with E-state index in [9.17, 15) is 12.8 Å². The Labute approximate surface area is 137 Å². The zero-order chi connectivity index (χ0) is 16.8. The van der Waals surface area contributed by atoms with Crippen molar-refractivity contribution in [3.05, 3.63) is 58.9 Å². The number of nitrogens with one attached hydrogen (secondary N) is 1. The second-order valence-corrected chi connectivity index (χ2v) is 7.06. The van der Waals surface area contributed by atoms with Crippen molar-refractivity contribution in [3.8, 4) is 0 Å². The van der Waals surface area contributed by atoms with Gasteiger partial charge in [0, 0.05) is 14.3 Å². The van der Waals surface area contributed by atoms with Crippen molar-refractivity contribution in [3.63, 3.8) is 0 Å². The van der Waals surface area contributed by atoms with Crippen LogP contribution in [0.15, 0.2) is 45.7 Å². The molecule has 3 N–H and O–H groups in total. The van der Waals surface area contributed by atoms with Gasteiger partial charge in [-0.25, -0.2) is 4.39 Å². The lowest BCUT2D eigenvalue weighted by Crippen LogP contribution is -2.30. The number of sulfonamides is 1. The van der Waals surface area contributed by atoms with Crippen LogP contribution >= 0.6 is 0 Å². The summed E-state index contributed by atoms with van der Waals surface area (Å²) in [7, 11) is -3.92. The number of hydrogen-bond donors (Lipinski definition) is 2. The maximum Gasteiger partial charge on any atom is 0.287 e. The third-order valence-electron chi connectivity index (χ3n) is 3.99. The average Bonchev–Trinajstić information content (AvgIpc) is 2.45. The van der Waals surface area contributed by atoms with Crippen LogP contribution in [0.25, 0.3) is 0 Å². The van der Waals surface area contributed by atoms with E-state index in [1.807, 2.05) is 38.1 Å². The fourth-order valence-electron chi connectivity index (χ4n) is 2.90. The van der Waals surface area contributed by atoms with Crippen LogP contribution in [-0.2, 0) is 10.0 Å². The highest BCUT2D eigenvalue weighted by atomic mass is 32.2. The van der Waals surface area contributed by atoms with Crippen molar-refractivity contribution in [2.24, 2.45) is 10.1 Å². The fourth-order valence-corrected chi connectivity index (χ4v) is 3.96. The molecule has 2 aromatic rings. The number of rotatable bonds is 2. The fraction of sp³-hybridized carbons (Fsp3) is 0.188. The van der Waals surface area contributed by atoms with E-state index >= 15 is 0 Å². The molecular weight excluding hydrogens is 317 g/mol. The summed E-state index contributed by atoms with van der Waals surface area (Å²) in [6.45, 7) is 3.76. The third kappa shape index (κ3) is 2.57. The van der Waals surface area contributed by atoms with Gasteiger partial charge in [-0.15, -0.1) is 4.40 Å². The molecule has 23 heavy (non-hydrogen) atoms. The quantitative estimate of drug-likeness (QED) is 0.881. The minimum atomic E-state index is -3.92. The van der Waals surface area contributed by atoms with Gasteiger partial charge in [0.25, 0.3) is 10.0 Å². The SMILES string of the molecule is Cc1ccccc1[C@@H](C)c1c(F)ccc2c1NC(N)=NS2(=O)=O.[HH].[HH]. The molecule has 1 aliphatic rings. The topological polar surface area (TPSA) is 84.5 Å². The van der Waals surface area contributed by atoms with Crippen molar-refractivity contribution >= 4 is 21.7 Å². The Hall–Kier alpha value is -2.41. The number of aryl methyl sites for hydroxylation is 1. The molecule has 0 saturated heterocycles.